The fraction of sp³-hybridized carbons (Fsp3) is 0.571. The molecule has 0 fully saturated rings. The molecule has 19 heavy (non-hydrogen) atoms. The summed E-state index contributed by atoms with van der Waals surface area (Å²) in [5.41, 5.74) is -0.584. The van der Waals surface area contributed by atoms with Crippen LogP contribution in [0, 0.1) is 5.92 Å². The Bertz CT molecular complexity index is 429. The molecule has 106 valence electrons. The van der Waals surface area contributed by atoms with Crippen molar-refractivity contribution in [2.24, 2.45) is 5.92 Å². The number of amides is 1. The third kappa shape index (κ3) is 4.77. The van der Waals surface area contributed by atoms with Gasteiger partial charge in [0.1, 0.15) is 11.6 Å². The largest absolute Gasteiger partial charge is 0.459 e. The monoisotopic (exact) mass is 267 g/mol. The van der Waals surface area contributed by atoms with Crippen molar-refractivity contribution in [3.05, 3.63) is 24.2 Å². The molecule has 0 saturated carbocycles. The quantitative estimate of drug-likeness (QED) is 0.850. The molecule has 0 saturated heterocycles. The molecule has 0 radical (unpaired) electrons. The molecule has 1 N–H and O–H groups in total. The van der Waals surface area contributed by atoms with E-state index in [4.69, 9.17) is 9.15 Å². The van der Waals surface area contributed by atoms with Crippen LogP contribution in [-0.4, -0.2) is 23.5 Å². The molecule has 1 heterocycles. The minimum absolute atomic E-state index is 0.0752. The van der Waals surface area contributed by atoms with Crippen molar-refractivity contribution in [2.45, 2.75) is 46.3 Å². The Kier molecular flexibility index (Phi) is 4.75. The van der Waals surface area contributed by atoms with Crippen LogP contribution < -0.4 is 5.32 Å². The lowest BCUT2D eigenvalue weighted by Gasteiger charge is -2.26. The Morgan fingerprint density at radius 1 is 1.32 bits per heavy atom. The van der Waals surface area contributed by atoms with E-state index >= 15 is 0 Å². The lowest BCUT2D eigenvalue weighted by Crippen LogP contribution is -2.47. The van der Waals surface area contributed by atoms with Crippen LogP contribution in [-0.2, 0) is 9.53 Å². The molecule has 0 bridgehead atoms. The van der Waals surface area contributed by atoms with Crippen LogP contribution in [0.25, 0.3) is 0 Å². The third-order valence-electron chi connectivity index (χ3n) is 2.36. The maximum atomic E-state index is 12.0. The van der Waals surface area contributed by atoms with Crippen LogP contribution in [0.4, 0.5) is 0 Å². The van der Waals surface area contributed by atoms with E-state index < -0.39 is 23.5 Å². The molecule has 0 aliphatic carbocycles. The number of furan rings is 1. The van der Waals surface area contributed by atoms with Gasteiger partial charge in [-0.25, -0.2) is 4.79 Å². The highest BCUT2D eigenvalue weighted by Gasteiger charge is 2.29. The van der Waals surface area contributed by atoms with Gasteiger partial charge in [-0.1, -0.05) is 13.8 Å². The van der Waals surface area contributed by atoms with Gasteiger partial charge in [-0.05, 0) is 38.8 Å². The highest BCUT2D eigenvalue weighted by molar-refractivity contribution is 5.94. The first-order valence-electron chi connectivity index (χ1n) is 6.28. The van der Waals surface area contributed by atoms with Gasteiger partial charge in [0.2, 0.25) is 0 Å². The number of ether oxygens (including phenoxy) is 1. The average molecular weight is 267 g/mol. The Labute approximate surface area is 113 Å². The lowest BCUT2D eigenvalue weighted by atomic mass is 10.0. The van der Waals surface area contributed by atoms with Crippen molar-refractivity contribution in [3.63, 3.8) is 0 Å². The fourth-order valence-electron chi connectivity index (χ4n) is 1.48. The molecule has 1 rings (SSSR count). The maximum Gasteiger partial charge on any atom is 0.329 e. The molecule has 0 aliphatic heterocycles. The molecular formula is C14H21NO4. The predicted octanol–water partition coefficient (Wildman–Crippen LogP) is 2.38. The van der Waals surface area contributed by atoms with Crippen LogP contribution in [0.3, 0.4) is 0 Å². The van der Waals surface area contributed by atoms with Gasteiger partial charge in [-0.2, -0.15) is 0 Å². The molecule has 1 aromatic rings. The molecule has 1 atom stereocenters. The maximum absolute atomic E-state index is 12.0. The van der Waals surface area contributed by atoms with E-state index in [1.54, 1.807) is 32.9 Å². The van der Waals surface area contributed by atoms with Crippen LogP contribution in [0.15, 0.2) is 22.8 Å². The summed E-state index contributed by atoms with van der Waals surface area (Å²) >= 11 is 0. The molecule has 0 aliphatic rings. The Hall–Kier alpha value is -1.78. The van der Waals surface area contributed by atoms with Gasteiger partial charge in [0, 0.05) is 0 Å². The predicted molar refractivity (Wildman–Crippen MR) is 70.6 cm³/mol. The third-order valence-corrected chi connectivity index (χ3v) is 2.36. The molecule has 1 aromatic heterocycles. The van der Waals surface area contributed by atoms with Gasteiger partial charge in [0.05, 0.1) is 6.26 Å². The van der Waals surface area contributed by atoms with Gasteiger partial charge in [0.25, 0.3) is 5.91 Å². The van der Waals surface area contributed by atoms with E-state index in [1.807, 2.05) is 13.8 Å². The number of hydrogen-bond donors (Lipinski definition) is 1. The van der Waals surface area contributed by atoms with Crippen LogP contribution in [0.5, 0.6) is 0 Å². The first-order valence-corrected chi connectivity index (χ1v) is 6.28. The van der Waals surface area contributed by atoms with E-state index in [-0.39, 0.29) is 11.7 Å². The molecule has 1 amide bonds. The second kappa shape index (κ2) is 5.91. The number of carbonyl (C=O) groups is 2. The minimum atomic E-state index is -0.697. The summed E-state index contributed by atoms with van der Waals surface area (Å²) in [5, 5.41) is 2.63. The first-order chi connectivity index (χ1) is 8.70. The summed E-state index contributed by atoms with van der Waals surface area (Å²) in [7, 11) is 0. The second-order valence-electron chi connectivity index (χ2n) is 5.71. The topological polar surface area (TPSA) is 68.5 Å². The summed E-state index contributed by atoms with van der Waals surface area (Å²) in [6.45, 7) is 9.05. The molecule has 0 aromatic carbocycles. The zero-order valence-electron chi connectivity index (χ0n) is 12.0. The van der Waals surface area contributed by atoms with E-state index in [0.717, 1.165) is 0 Å². The van der Waals surface area contributed by atoms with Crippen LogP contribution in [0.2, 0.25) is 0 Å². The van der Waals surface area contributed by atoms with Gasteiger partial charge >= 0.3 is 5.97 Å². The lowest BCUT2D eigenvalue weighted by molar-refractivity contribution is -0.158. The van der Waals surface area contributed by atoms with Crippen molar-refractivity contribution < 1.29 is 18.7 Å². The van der Waals surface area contributed by atoms with Crippen molar-refractivity contribution in [3.8, 4) is 0 Å². The number of hydrogen-bond acceptors (Lipinski definition) is 4. The smallest absolute Gasteiger partial charge is 0.329 e. The number of nitrogens with one attached hydrogen (secondary N) is 1. The summed E-state index contributed by atoms with van der Waals surface area (Å²) in [6.07, 6.45) is 1.41. The minimum Gasteiger partial charge on any atom is -0.459 e. The van der Waals surface area contributed by atoms with Gasteiger partial charge in [-0.3, -0.25) is 4.79 Å². The Morgan fingerprint density at radius 3 is 2.37 bits per heavy atom. The molecule has 5 heteroatoms. The molecule has 0 unspecified atom stereocenters. The SMILES string of the molecule is CC(C)[C@H](NC(=O)c1ccco1)C(=O)OC(C)(C)C. The van der Waals surface area contributed by atoms with Crippen molar-refractivity contribution in [1.82, 2.24) is 5.32 Å². The highest BCUT2D eigenvalue weighted by atomic mass is 16.6. The van der Waals surface area contributed by atoms with Gasteiger partial charge in [0.15, 0.2) is 5.76 Å². The number of carbonyl (C=O) groups excluding carboxylic acids is 2. The molecular weight excluding hydrogens is 246 g/mol. The average Bonchev–Trinajstić information content (AvgIpc) is 2.75. The first kappa shape index (κ1) is 15.3. The van der Waals surface area contributed by atoms with E-state index in [9.17, 15) is 9.59 Å². The van der Waals surface area contributed by atoms with E-state index in [0.29, 0.717) is 0 Å². The van der Waals surface area contributed by atoms with E-state index in [1.165, 1.54) is 6.26 Å². The summed E-state index contributed by atoms with van der Waals surface area (Å²) in [4.78, 5) is 23.9. The Morgan fingerprint density at radius 2 is 1.95 bits per heavy atom. The van der Waals surface area contributed by atoms with Crippen LogP contribution >= 0.6 is 0 Å². The Balaban J connectivity index is 2.73. The molecule has 5 nitrogen and oxygen atoms in total. The summed E-state index contributed by atoms with van der Waals surface area (Å²) in [6, 6.07) is 2.46. The van der Waals surface area contributed by atoms with Crippen molar-refractivity contribution >= 4 is 11.9 Å². The van der Waals surface area contributed by atoms with Gasteiger partial charge < -0.3 is 14.5 Å². The van der Waals surface area contributed by atoms with Crippen LogP contribution in [0.1, 0.15) is 45.2 Å². The highest BCUT2D eigenvalue weighted by Crippen LogP contribution is 2.13. The zero-order valence-corrected chi connectivity index (χ0v) is 12.0. The number of rotatable bonds is 4. The van der Waals surface area contributed by atoms with E-state index in [2.05, 4.69) is 5.32 Å². The van der Waals surface area contributed by atoms with Crippen molar-refractivity contribution in [1.29, 1.82) is 0 Å². The van der Waals surface area contributed by atoms with Crippen molar-refractivity contribution in [2.75, 3.05) is 0 Å². The normalized spacial score (nSPS) is 13.2. The fourth-order valence-corrected chi connectivity index (χ4v) is 1.48. The zero-order chi connectivity index (χ0) is 14.6. The van der Waals surface area contributed by atoms with Gasteiger partial charge in [-0.15, -0.1) is 0 Å². The summed E-state index contributed by atoms with van der Waals surface area (Å²) < 4.78 is 10.3. The molecule has 0 spiro atoms. The second-order valence-corrected chi connectivity index (χ2v) is 5.71. The standard InChI is InChI=1S/C14H21NO4/c1-9(2)11(13(17)19-14(3,4)5)15-12(16)10-7-6-8-18-10/h6-9,11H,1-5H3,(H,15,16)/t11-/m0/s1. The number of esters is 1. The summed E-state index contributed by atoms with van der Waals surface area (Å²) in [5.74, 6) is -0.764.